The van der Waals surface area contributed by atoms with Crippen LogP contribution in [0.5, 0.6) is 5.75 Å². The Bertz CT molecular complexity index is 844. The van der Waals surface area contributed by atoms with E-state index in [1.54, 1.807) is 12.1 Å². The molecule has 0 unspecified atom stereocenters. The Morgan fingerprint density at radius 2 is 1.96 bits per heavy atom. The number of methoxy groups -OCH3 is 1. The summed E-state index contributed by atoms with van der Waals surface area (Å²) in [6.07, 6.45) is 1.39. The Morgan fingerprint density at radius 1 is 1.17 bits per heavy atom. The fourth-order valence-corrected chi connectivity index (χ4v) is 2.21. The van der Waals surface area contributed by atoms with Crippen molar-refractivity contribution < 1.29 is 18.3 Å². The molecule has 2 aromatic carbocycles. The van der Waals surface area contributed by atoms with Crippen molar-refractivity contribution in [3.05, 3.63) is 70.9 Å². The minimum absolute atomic E-state index is 0.0483. The molecule has 0 bridgehead atoms. The van der Waals surface area contributed by atoms with Crippen LogP contribution in [0.4, 0.5) is 8.78 Å². The monoisotopic (exact) mass is 314 g/mol. The van der Waals surface area contributed by atoms with Crippen LogP contribution in [0.2, 0.25) is 0 Å². The van der Waals surface area contributed by atoms with Gasteiger partial charge in [0, 0.05) is 5.56 Å². The maximum Gasteiger partial charge on any atom is 0.275 e. The molecule has 0 radical (unpaired) electrons. The number of amidine groups is 1. The van der Waals surface area contributed by atoms with Crippen LogP contribution in [0.25, 0.3) is 6.08 Å². The Morgan fingerprint density at radius 3 is 2.70 bits per heavy atom. The smallest absolute Gasteiger partial charge is 0.275 e. The van der Waals surface area contributed by atoms with Gasteiger partial charge in [-0.2, -0.15) is 0 Å². The van der Waals surface area contributed by atoms with Gasteiger partial charge in [0.25, 0.3) is 5.91 Å². The summed E-state index contributed by atoms with van der Waals surface area (Å²) >= 11 is 0. The standard InChI is InChI=1S/C17H12F2N2O2/c1-23-15-7-6-11(18)8-10(15)9-14-17(22)21-16(20-14)12-4-2-3-5-13(12)19/h2-9H,1H3,(H,20,21,22)/b14-9+. The van der Waals surface area contributed by atoms with Gasteiger partial charge in [-0.05, 0) is 36.4 Å². The molecule has 0 aromatic heterocycles. The molecule has 116 valence electrons. The number of carbonyl (C=O) groups is 1. The van der Waals surface area contributed by atoms with E-state index in [4.69, 9.17) is 4.74 Å². The third kappa shape index (κ3) is 2.96. The van der Waals surface area contributed by atoms with Crippen molar-refractivity contribution in [2.45, 2.75) is 0 Å². The Balaban J connectivity index is 2.02. The molecule has 0 aliphatic carbocycles. The van der Waals surface area contributed by atoms with Gasteiger partial charge in [0.15, 0.2) is 0 Å². The largest absolute Gasteiger partial charge is 0.496 e. The quantitative estimate of drug-likeness (QED) is 0.886. The zero-order valence-corrected chi connectivity index (χ0v) is 12.1. The summed E-state index contributed by atoms with van der Waals surface area (Å²) in [6, 6.07) is 9.92. The molecule has 1 aliphatic rings. The summed E-state index contributed by atoms with van der Waals surface area (Å²) in [4.78, 5) is 16.1. The third-order valence-electron chi connectivity index (χ3n) is 3.31. The molecule has 23 heavy (non-hydrogen) atoms. The first-order valence-electron chi connectivity index (χ1n) is 6.78. The van der Waals surface area contributed by atoms with Crippen LogP contribution in [0.1, 0.15) is 11.1 Å². The summed E-state index contributed by atoms with van der Waals surface area (Å²) < 4.78 is 32.3. The van der Waals surface area contributed by atoms with Gasteiger partial charge in [0.2, 0.25) is 0 Å². The van der Waals surface area contributed by atoms with Gasteiger partial charge in [-0.1, -0.05) is 12.1 Å². The van der Waals surface area contributed by atoms with E-state index in [9.17, 15) is 13.6 Å². The number of benzene rings is 2. The second-order valence-electron chi connectivity index (χ2n) is 4.81. The van der Waals surface area contributed by atoms with Crippen molar-refractivity contribution >= 4 is 17.8 Å². The van der Waals surface area contributed by atoms with Crippen LogP contribution in [0.3, 0.4) is 0 Å². The maximum absolute atomic E-state index is 13.8. The minimum atomic E-state index is -0.491. The molecule has 0 saturated carbocycles. The molecule has 1 N–H and O–H groups in total. The maximum atomic E-state index is 13.8. The summed E-state index contributed by atoms with van der Waals surface area (Å²) in [7, 11) is 1.44. The first kappa shape index (κ1) is 14.9. The minimum Gasteiger partial charge on any atom is -0.496 e. The van der Waals surface area contributed by atoms with Crippen molar-refractivity contribution in [2.24, 2.45) is 4.99 Å². The van der Waals surface area contributed by atoms with E-state index in [0.717, 1.165) is 0 Å². The number of amides is 1. The molecule has 0 saturated heterocycles. The van der Waals surface area contributed by atoms with Crippen LogP contribution in [0, 0.1) is 11.6 Å². The lowest BCUT2D eigenvalue weighted by Gasteiger charge is -2.04. The predicted octanol–water partition coefficient (Wildman–Crippen LogP) is 2.89. The van der Waals surface area contributed by atoms with E-state index in [0.29, 0.717) is 11.3 Å². The number of hydrogen-bond donors (Lipinski definition) is 1. The highest BCUT2D eigenvalue weighted by Gasteiger charge is 2.23. The second-order valence-corrected chi connectivity index (χ2v) is 4.81. The van der Waals surface area contributed by atoms with E-state index in [2.05, 4.69) is 10.3 Å². The van der Waals surface area contributed by atoms with Gasteiger partial charge >= 0.3 is 0 Å². The first-order valence-corrected chi connectivity index (χ1v) is 6.78. The SMILES string of the molecule is COc1ccc(F)cc1/C=C1/N=C(c2ccccc2F)NC1=O. The molecule has 3 rings (SSSR count). The number of halogens is 2. The van der Waals surface area contributed by atoms with Gasteiger partial charge in [-0.15, -0.1) is 0 Å². The van der Waals surface area contributed by atoms with E-state index in [1.165, 1.54) is 43.5 Å². The molecule has 0 spiro atoms. The molecule has 1 aliphatic heterocycles. The zero-order chi connectivity index (χ0) is 16.4. The zero-order valence-electron chi connectivity index (χ0n) is 12.1. The van der Waals surface area contributed by atoms with Gasteiger partial charge in [0.1, 0.15) is 28.9 Å². The van der Waals surface area contributed by atoms with Gasteiger partial charge in [0.05, 0.1) is 12.7 Å². The van der Waals surface area contributed by atoms with Crippen molar-refractivity contribution in [3.8, 4) is 5.75 Å². The van der Waals surface area contributed by atoms with Gasteiger partial charge in [-0.3, -0.25) is 4.79 Å². The number of rotatable bonds is 3. The van der Waals surface area contributed by atoms with Crippen LogP contribution < -0.4 is 10.1 Å². The summed E-state index contributed by atoms with van der Waals surface area (Å²) in [6.45, 7) is 0. The molecular weight excluding hydrogens is 302 g/mol. The molecule has 1 amide bonds. The molecular formula is C17H12F2N2O2. The highest BCUT2D eigenvalue weighted by Crippen LogP contribution is 2.24. The molecule has 0 fully saturated rings. The van der Waals surface area contributed by atoms with Gasteiger partial charge < -0.3 is 10.1 Å². The Hall–Kier alpha value is -3.02. The van der Waals surface area contributed by atoms with Crippen molar-refractivity contribution in [3.63, 3.8) is 0 Å². The fraction of sp³-hybridized carbons (Fsp3) is 0.0588. The lowest BCUT2D eigenvalue weighted by atomic mass is 10.1. The molecule has 0 atom stereocenters. The average molecular weight is 314 g/mol. The summed E-state index contributed by atoms with van der Waals surface area (Å²) in [5.74, 6) is -0.920. The number of aliphatic imine (C=N–C) groups is 1. The highest BCUT2D eigenvalue weighted by molar-refractivity contribution is 6.19. The topological polar surface area (TPSA) is 50.7 Å². The number of nitrogens with zero attached hydrogens (tertiary/aromatic N) is 1. The molecule has 4 nitrogen and oxygen atoms in total. The number of ether oxygens (including phenoxy) is 1. The first-order chi connectivity index (χ1) is 11.1. The van der Waals surface area contributed by atoms with E-state index in [1.807, 2.05) is 0 Å². The highest BCUT2D eigenvalue weighted by atomic mass is 19.1. The van der Waals surface area contributed by atoms with E-state index in [-0.39, 0.29) is 17.1 Å². The third-order valence-corrected chi connectivity index (χ3v) is 3.31. The summed E-state index contributed by atoms with van der Waals surface area (Å²) in [5, 5.41) is 2.50. The number of hydrogen-bond acceptors (Lipinski definition) is 3. The molecule has 2 aromatic rings. The lowest BCUT2D eigenvalue weighted by molar-refractivity contribution is -0.115. The van der Waals surface area contributed by atoms with Crippen molar-refractivity contribution in [2.75, 3.05) is 7.11 Å². The van der Waals surface area contributed by atoms with E-state index < -0.39 is 17.5 Å². The normalized spacial score (nSPS) is 15.5. The van der Waals surface area contributed by atoms with Crippen LogP contribution in [-0.4, -0.2) is 18.9 Å². The average Bonchev–Trinajstić information content (AvgIpc) is 2.89. The Kier molecular flexibility index (Phi) is 3.89. The second kappa shape index (κ2) is 6.00. The van der Waals surface area contributed by atoms with Crippen molar-refractivity contribution in [1.29, 1.82) is 0 Å². The lowest BCUT2D eigenvalue weighted by Crippen LogP contribution is -2.25. The van der Waals surface area contributed by atoms with E-state index >= 15 is 0 Å². The number of nitrogens with one attached hydrogen (secondary N) is 1. The van der Waals surface area contributed by atoms with Crippen LogP contribution in [0.15, 0.2) is 53.2 Å². The molecule has 1 heterocycles. The van der Waals surface area contributed by atoms with Gasteiger partial charge in [-0.25, -0.2) is 13.8 Å². The van der Waals surface area contributed by atoms with Crippen LogP contribution >= 0.6 is 0 Å². The number of carbonyl (C=O) groups excluding carboxylic acids is 1. The Labute approximate surface area is 131 Å². The predicted molar refractivity (Wildman–Crippen MR) is 82.0 cm³/mol. The fourth-order valence-electron chi connectivity index (χ4n) is 2.21. The van der Waals surface area contributed by atoms with Crippen LogP contribution in [-0.2, 0) is 4.79 Å². The molecule has 6 heteroatoms. The summed E-state index contributed by atoms with van der Waals surface area (Å²) in [5.41, 5.74) is 0.610. The van der Waals surface area contributed by atoms with Crippen molar-refractivity contribution in [1.82, 2.24) is 5.32 Å².